The van der Waals surface area contributed by atoms with Crippen LogP contribution in [-0.2, 0) is 17.9 Å². The summed E-state index contributed by atoms with van der Waals surface area (Å²) in [4.78, 5) is 32.3. The van der Waals surface area contributed by atoms with Crippen molar-refractivity contribution in [2.45, 2.75) is 26.9 Å². The molecule has 1 amide bonds. The van der Waals surface area contributed by atoms with Gasteiger partial charge in [-0.3, -0.25) is 4.79 Å². The molecule has 5 N–H and O–H groups in total. The summed E-state index contributed by atoms with van der Waals surface area (Å²) in [6.07, 6.45) is 0. The van der Waals surface area contributed by atoms with Crippen LogP contribution in [0.5, 0.6) is 0 Å². The monoisotopic (exact) mass is 372 g/mol. The Bertz CT molecular complexity index is 768. The minimum absolute atomic E-state index is 0.0117. The quantitative estimate of drug-likeness (QED) is 0.616. The maximum absolute atomic E-state index is 11.3. The number of carboxylic acids is 2. The number of benzene rings is 2. The molecule has 144 valence electrons. The molecule has 7 nitrogen and oxygen atoms in total. The van der Waals surface area contributed by atoms with E-state index >= 15 is 0 Å². The number of hydrogen-bond donors (Lipinski definition) is 4. The summed E-state index contributed by atoms with van der Waals surface area (Å²) < 4.78 is 0. The van der Waals surface area contributed by atoms with Crippen LogP contribution in [0.4, 0.5) is 0 Å². The highest BCUT2D eigenvalue weighted by molar-refractivity contribution is 5.88. The van der Waals surface area contributed by atoms with E-state index < -0.39 is 11.9 Å². The number of rotatable bonds is 6. The Morgan fingerprint density at radius 1 is 0.852 bits per heavy atom. The highest BCUT2D eigenvalue weighted by Gasteiger charge is 2.06. The molecule has 2 aromatic rings. The van der Waals surface area contributed by atoms with Crippen molar-refractivity contribution in [3.63, 3.8) is 0 Å². The van der Waals surface area contributed by atoms with Crippen LogP contribution in [0.2, 0.25) is 0 Å². The Morgan fingerprint density at radius 3 is 1.59 bits per heavy atom. The zero-order chi connectivity index (χ0) is 20.4. The van der Waals surface area contributed by atoms with Crippen LogP contribution < -0.4 is 11.1 Å². The molecule has 0 unspecified atom stereocenters. The van der Waals surface area contributed by atoms with E-state index in [1.807, 2.05) is 13.8 Å². The fourth-order valence-electron chi connectivity index (χ4n) is 1.94. The largest absolute Gasteiger partial charge is 0.478 e. The van der Waals surface area contributed by atoms with Crippen molar-refractivity contribution in [1.29, 1.82) is 0 Å². The maximum atomic E-state index is 11.3. The predicted molar refractivity (Wildman–Crippen MR) is 101 cm³/mol. The molecule has 7 heteroatoms. The Labute approximate surface area is 157 Å². The number of carboxylic acid groups (broad SMARTS) is 2. The van der Waals surface area contributed by atoms with Crippen LogP contribution in [0.3, 0.4) is 0 Å². The van der Waals surface area contributed by atoms with Crippen molar-refractivity contribution in [3.05, 3.63) is 70.8 Å². The number of hydrogen-bond acceptors (Lipinski definition) is 4. The Balaban J connectivity index is 0.000000289. The van der Waals surface area contributed by atoms with Crippen molar-refractivity contribution < 1.29 is 24.6 Å². The van der Waals surface area contributed by atoms with Crippen LogP contribution in [0.25, 0.3) is 0 Å². The lowest BCUT2D eigenvalue weighted by atomic mass is 10.1. The van der Waals surface area contributed by atoms with Crippen molar-refractivity contribution in [2.24, 2.45) is 11.7 Å². The lowest BCUT2D eigenvalue weighted by molar-refractivity contribution is -0.124. The van der Waals surface area contributed by atoms with E-state index in [0.29, 0.717) is 18.7 Å². The van der Waals surface area contributed by atoms with Crippen LogP contribution in [0.1, 0.15) is 45.7 Å². The van der Waals surface area contributed by atoms with E-state index in [1.54, 1.807) is 36.4 Å². The van der Waals surface area contributed by atoms with Gasteiger partial charge in [-0.2, -0.15) is 0 Å². The Hall–Kier alpha value is -3.19. The van der Waals surface area contributed by atoms with E-state index in [9.17, 15) is 14.4 Å². The Morgan fingerprint density at radius 2 is 1.26 bits per heavy atom. The number of amides is 1. The predicted octanol–water partition coefficient (Wildman–Crippen LogP) is 2.50. The summed E-state index contributed by atoms with van der Waals surface area (Å²) in [6.45, 7) is 4.52. The van der Waals surface area contributed by atoms with Crippen molar-refractivity contribution >= 4 is 17.8 Å². The SMILES string of the molecule is CC(C)C(=O)NCc1ccc(C(=O)O)cc1.NCc1ccc(C(=O)O)cc1. The van der Waals surface area contributed by atoms with Crippen molar-refractivity contribution in [3.8, 4) is 0 Å². The third kappa shape index (κ3) is 7.70. The van der Waals surface area contributed by atoms with Gasteiger partial charge in [0.1, 0.15) is 0 Å². The fourth-order valence-corrected chi connectivity index (χ4v) is 1.94. The first-order valence-electron chi connectivity index (χ1n) is 8.36. The first kappa shape index (κ1) is 21.9. The molecule has 0 aliphatic rings. The second-order valence-corrected chi connectivity index (χ2v) is 6.08. The number of nitrogens with one attached hydrogen (secondary N) is 1. The van der Waals surface area contributed by atoms with Gasteiger partial charge in [0.2, 0.25) is 5.91 Å². The molecule has 0 aliphatic carbocycles. The molecular formula is C20H24N2O5. The summed E-state index contributed by atoms with van der Waals surface area (Å²) in [6, 6.07) is 13.0. The number of aromatic carboxylic acids is 2. The molecule has 0 saturated heterocycles. The average Bonchev–Trinajstić information content (AvgIpc) is 2.66. The molecule has 0 aromatic heterocycles. The normalized spacial score (nSPS) is 9.93. The third-order valence-corrected chi connectivity index (χ3v) is 3.63. The van der Waals surface area contributed by atoms with Crippen molar-refractivity contribution in [1.82, 2.24) is 5.32 Å². The number of carbonyl (C=O) groups excluding carboxylic acids is 1. The highest BCUT2D eigenvalue weighted by Crippen LogP contribution is 2.05. The van der Waals surface area contributed by atoms with Gasteiger partial charge in [-0.15, -0.1) is 0 Å². The topological polar surface area (TPSA) is 130 Å². The van der Waals surface area contributed by atoms with Crippen LogP contribution in [-0.4, -0.2) is 28.1 Å². The molecule has 2 aromatic carbocycles. The molecule has 27 heavy (non-hydrogen) atoms. The molecule has 0 aliphatic heterocycles. The van der Waals surface area contributed by atoms with Gasteiger partial charge in [0, 0.05) is 19.0 Å². The number of nitrogens with two attached hydrogens (primary N) is 1. The Kier molecular flexibility index (Phi) is 8.68. The van der Waals surface area contributed by atoms with E-state index in [4.69, 9.17) is 15.9 Å². The highest BCUT2D eigenvalue weighted by atomic mass is 16.4. The van der Waals surface area contributed by atoms with Gasteiger partial charge in [0.25, 0.3) is 0 Å². The maximum Gasteiger partial charge on any atom is 0.335 e. The minimum atomic E-state index is -0.947. The minimum Gasteiger partial charge on any atom is -0.478 e. The third-order valence-electron chi connectivity index (χ3n) is 3.63. The molecular weight excluding hydrogens is 348 g/mol. The zero-order valence-electron chi connectivity index (χ0n) is 15.3. The van der Waals surface area contributed by atoms with Crippen LogP contribution >= 0.6 is 0 Å². The summed E-state index contributed by atoms with van der Waals surface area (Å²) in [5.41, 5.74) is 7.70. The van der Waals surface area contributed by atoms with Gasteiger partial charge < -0.3 is 21.3 Å². The lowest BCUT2D eigenvalue weighted by Gasteiger charge is -2.07. The second kappa shape index (κ2) is 10.7. The first-order valence-corrected chi connectivity index (χ1v) is 8.36. The van der Waals surface area contributed by atoms with Gasteiger partial charge in [-0.05, 0) is 35.4 Å². The standard InChI is InChI=1S/C12H15NO3.C8H9NO2/c1-8(2)11(14)13-7-9-3-5-10(6-4-9)12(15)16;9-5-6-1-3-7(4-2-6)8(10)11/h3-6,8H,7H2,1-2H3,(H,13,14)(H,15,16);1-4H,5,9H2,(H,10,11). The number of carbonyl (C=O) groups is 3. The smallest absolute Gasteiger partial charge is 0.335 e. The molecule has 0 bridgehead atoms. The summed E-state index contributed by atoms with van der Waals surface area (Å²) in [7, 11) is 0. The van der Waals surface area contributed by atoms with Gasteiger partial charge in [0.05, 0.1) is 11.1 Å². The van der Waals surface area contributed by atoms with Gasteiger partial charge in [-0.1, -0.05) is 38.1 Å². The molecule has 0 saturated carbocycles. The molecule has 0 spiro atoms. The molecule has 2 rings (SSSR count). The molecule has 0 atom stereocenters. The van der Waals surface area contributed by atoms with Crippen LogP contribution in [0.15, 0.2) is 48.5 Å². The van der Waals surface area contributed by atoms with Gasteiger partial charge in [-0.25, -0.2) is 9.59 Å². The average molecular weight is 372 g/mol. The first-order chi connectivity index (χ1) is 12.7. The van der Waals surface area contributed by atoms with E-state index in [1.165, 1.54) is 12.1 Å². The fraction of sp³-hybridized carbons (Fsp3) is 0.250. The van der Waals surface area contributed by atoms with E-state index in [0.717, 1.165) is 11.1 Å². The summed E-state index contributed by atoms with van der Waals surface area (Å²) >= 11 is 0. The van der Waals surface area contributed by atoms with E-state index in [2.05, 4.69) is 5.32 Å². The molecule has 0 heterocycles. The van der Waals surface area contributed by atoms with Crippen molar-refractivity contribution in [2.75, 3.05) is 0 Å². The summed E-state index contributed by atoms with van der Waals surface area (Å²) in [5.74, 6) is -1.91. The zero-order valence-corrected chi connectivity index (χ0v) is 15.3. The lowest BCUT2D eigenvalue weighted by Crippen LogP contribution is -2.27. The molecule has 0 radical (unpaired) electrons. The van der Waals surface area contributed by atoms with Gasteiger partial charge in [0.15, 0.2) is 0 Å². The second-order valence-electron chi connectivity index (χ2n) is 6.08. The van der Waals surface area contributed by atoms with Gasteiger partial charge >= 0.3 is 11.9 Å². The van der Waals surface area contributed by atoms with Crippen LogP contribution in [0, 0.1) is 5.92 Å². The van der Waals surface area contributed by atoms with E-state index in [-0.39, 0.29) is 17.4 Å². The molecule has 0 fully saturated rings. The summed E-state index contributed by atoms with van der Waals surface area (Å²) in [5, 5.41) is 20.0.